The maximum Gasteiger partial charge on any atom is 0.296 e. The van der Waals surface area contributed by atoms with E-state index >= 15 is 0 Å². The Labute approximate surface area is 86.9 Å². The van der Waals surface area contributed by atoms with Gasteiger partial charge in [-0.1, -0.05) is 0 Å². The zero-order valence-electron chi connectivity index (χ0n) is 7.67. The minimum Gasteiger partial charge on any atom is -0.496 e. The second kappa shape index (κ2) is 4.60. The van der Waals surface area contributed by atoms with Gasteiger partial charge in [-0.05, 0) is 12.1 Å². The summed E-state index contributed by atoms with van der Waals surface area (Å²) in [5.41, 5.74) is -0.439. The second-order valence-corrected chi connectivity index (χ2v) is 3.25. The average Bonchev–Trinajstić information content (AvgIpc) is 2.17. The van der Waals surface area contributed by atoms with Crippen LogP contribution in [-0.2, 0) is 10.9 Å². The molecule has 0 heterocycles. The molecule has 7 nitrogen and oxygen atoms in total. The van der Waals surface area contributed by atoms with Gasteiger partial charge in [-0.15, -0.1) is 0 Å². The van der Waals surface area contributed by atoms with E-state index in [4.69, 9.17) is 4.74 Å². The summed E-state index contributed by atoms with van der Waals surface area (Å²) in [5, 5.41) is 10.6. The van der Waals surface area contributed by atoms with Gasteiger partial charge in [0.1, 0.15) is 11.4 Å². The van der Waals surface area contributed by atoms with Crippen molar-refractivity contribution < 1.29 is 18.1 Å². The maximum atomic E-state index is 10.6. The van der Waals surface area contributed by atoms with Crippen LogP contribution < -0.4 is 9.46 Å². The highest BCUT2D eigenvalue weighted by Crippen LogP contribution is 2.28. The van der Waals surface area contributed by atoms with Crippen molar-refractivity contribution in [2.45, 2.75) is 0 Å². The summed E-state index contributed by atoms with van der Waals surface area (Å²) in [6.45, 7) is 0. The van der Waals surface area contributed by atoms with Crippen LogP contribution in [0, 0.1) is 10.1 Å². The summed E-state index contributed by atoms with van der Waals surface area (Å²) in [4.78, 5) is 9.89. The van der Waals surface area contributed by atoms with E-state index in [2.05, 4.69) is 0 Å². The lowest BCUT2D eigenvalue weighted by Gasteiger charge is -2.03. The molecule has 1 aromatic rings. The normalized spacial score (nSPS) is 10.0. The fourth-order valence-corrected chi connectivity index (χ4v) is 1.37. The number of rotatable bonds is 4. The van der Waals surface area contributed by atoms with Crippen LogP contribution in [-0.4, -0.2) is 20.5 Å². The third-order valence-corrected chi connectivity index (χ3v) is 2.04. The van der Waals surface area contributed by atoms with Crippen LogP contribution >= 0.6 is 0 Å². The van der Waals surface area contributed by atoms with E-state index in [0.29, 0.717) is 0 Å². The number of ether oxygens (including phenoxy) is 1. The second-order valence-electron chi connectivity index (χ2n) is 2.51. The minimum absolute atomic E-state index is 0.0862. The number of nitro benzene ring substituents is 1. The summed E-state index contributed by atoms with van der Waals surface area (Å²) < 4.78 is 27.5. The van der Waals surface area contributed by atoms with Crippen LogP contribution in [0.2, 0.25) is 0 Å². The molecule has 0 bridgehead atoms. The topological polar surface area (TPSA) is 98.5 Å². The molecule has 0 aliphatic carbocycles. The van der Waals surface area contributed by atoms with E-state index in [-0.39, 0.29) is 17.1 Å². The van der Waals surface area contributed by atoms with Gasteiger partial charge < -0.3 is 4.74 Å². The van der Waals surface area contributed by atoms with Crippen LogP contribution in [0.4, 0.5) is 11.4 Å². The molecule has 8 heteroatoms. The first kappa shape index (κ1) is 11.2. The molecule has 0 fully saturated rings. The Morgan fingerprint density at radius 2 is 2.13 bits per heavy atom. The van der Waals surface area contributed by atoms with Gasteiger partial charge in [0.05, 0.1) is 18.1 Å². The molecular formula is C7H8N2O5S. The van der Waals surface area contributed by atoms with Crippen molar-refractivity contribution in [2.24, 2.45) is 0 Å². The summed E-state index contributed by atoms with van der Waals surface area (Å²) in [5.74, 6) is 0.286. The predicted molar refractivity (Wildman–Crippen MR) is 53.6 cm³/mol. The molecule has 15 heavy (non-hydrogen) atoms. The van der Waals surface area contributed by atoms with Crippen LogP contribution in [0.3, 0.4) is 0 Å². The van der Waals surface area contributed by atoms with E-state index in [1.54, 1.807) is 0 Å². The largest absolute Gasteiger partial charge is 0.496 e. The highest BCUT2D eigenvalue weighted by molar-refractivity contribution is 7.73. The lowest BCUT2D eigenvalue weighted by Crippen LogP contribution is -2.00. The van der Waals surface area contributed by atoms with Gasteiger partial charge in [0.15, 0.2) is 0 Å². The fraction of sp³-hybridized carbons (Fsp3) is 0.143. The van der Waals surface area contributed by atoms with E-state index in [0.717, 1.165) is 6.07 Å². The monoisotopic (exact) mass is 232 g/mol. The van der Waals surface area contributed by atoms with E-state index < -0.39 is 15.8 Å². The van der Waals surface area contributed by atoms with Crippen LogP contribution in [0.1, 0.15) is 0 Å². The highest BCUT2D eigenvalue weighted by Gasteiger charge is 2.15. The third-order valence-electron chi connectivity index (χ3n) is 1.61. The molecule has 0 unspecified atom stereocenters. The summed E-state index contributed by atoms with van der Waals surface area (Å²) in [7, 11) is -1.57. The molecule has 0 amide bonds. The first-order valence-electron chi connectivity index (χ1n) is 3.78. The van der Waals surface area contributed by atoms with E-state index in [1.165, 1.54) is 19.2 Å². The first-order chi connectivity index (χ1) is 7.04. The predicted octanol–water partition coefficient (Wildman–Crippen LogP) is 0.542. The molecule has 0 spiro atoms. The Kier molecular flexibility index (Phi) is 3.45. The van der Waals surface area contributed by atoms with Crippen LogP contribution in [0.15, 0.2) is 18.2 Å². The Bertz CT molecular complexity index is 449. The number of nitro groups is 1. The molecule has 0 radical (unpaired) electrons. The first-order valence-corrected chi connectivity index (χ1v) is 4.96. The summed E-state index contributed by atoms with van der Waals surface area (Å²) >= 11 is 0. The number of nitrogens with one attached hydrogen (secondary N) is 1. The molecule has 0 aliphatic heterocycles. The molecule has 0 saturated carbocycles. The number of hydrogen-bond acceptors (Lipinski definition) is 5. The zero-order valence-corrected chi connectivity index (χ0v) is 8.56. The minimum atomic E-state index is -2.93. The molecule has 0 saturated heterocycles. The van der Waals surface area contributed by atoms with Gasteiger partial charge in [0.2, 0.25) is 10.9 Å². The molecule has 1 aromatic carbocycles. The lowest BCUT2D eigenvalue weighted by atomic mass is 10.2. The number of thiol groups is 1. The van der Waals surface area contributed by atoms with Crippen molar-refractivity contribution >= 4 is 22.3 Å². The average molecular weight is 232 g/mol. The Balaban J connectivity index is 3.20. The summed E-state index contributed by atoms with van der Waals surface area (Å²) in [6, 6.07) is 3.83. The molecule has 1 N–H and O–H groups in total. The van der Waals surface area contributed by atoms with Gasteiger partial charge in [-0.2, -0.15) is 0 Å². The molecule has 1 rings (SSSR count). The van der Waals surface area contributed by atoms with Gasteiger partial charge in [0.25, 0.3) is 5.69 Å². The van der Waals surface area contributed by atoms with E-state index in [9.17, 15) is 18.5 Å². The summed E-state index contributed by atoms with van der Waals surface area (Å²) in [6.07, 6.45) is 0. The van der Waals surface area contributed by atoms with Gasteiger partial charge in [-0.25, -0.2) is 8.42 Å². The van der Waals surface area contributed by atoms with Crippen molar-refractivity contribution in [3.63, 3.8) is 0 Å². The van der Waals surface area contributed by atoms with Gasteiger partial charge in [-0.3, -0.25) is 14.8 Å². The molecular weight excluding hydrogens is 224 g/mol. The van der Waals surface area contributed by atoms with Crippen molar-refractivity contribution in [3.8, 4) is 5.75 Å². The zero-order chi connectivity index (χ0) is 11.4. The van der Waals surface area contributed by atoms with Crippen molar-refractivity contribution in [1.82, 2.24) is 0 Å². The van der Waals surface area contributed by atoms with Crippen molar-refractivity contribution in [1.29, 1.82) is 0 Å². The van der Waals surface area contributed by atoms with Crippen LogP contribution in [0.25, 0.3) is 0 Å². The van der Waals surface area contributed by atoms with Gasteiger partial charge in [0, 0.05) is 0 Å². The fourth-order valence-electron chi connectivity index (χ4n) is 0.982. The van der Waals surface area contributed by atoms with Crippen LogP contribution in [0.5, 0.6) is 5.75 Å². The standard InChI is InChI=1S/C7H8N2O5S/c1-14-5-2-3-6(8-15(12)13)7(4-5)9(10)11/h2-4,15H,1H3,(H,8,12,13). The lowest BCUT2D eigenvalue weighted by molar-refractivity contribution is -0.384. The SMILES string of the molecule is COc1ccc(N[SH](=O)=O)c([N+](=O)[O-])c1. The van der Waals surface area contributed by atoms with Crippen molar-refractivity contribution in [3.05, 3.63) is 28.3 Å². The number of anilines is 1. The van der Waals surface area contributed by atoms with E-state index in [1.807, 2.05) is 4.72 Å². The molecule has 0 aliphatic rings. The van der Waals surface area contributed by atoms with Gasteiger partial charge >= 0.3 is 0 Å². The number of methoxy groups -OCH3 is 1. The third kappa shape index (κ3) is 2.81. The number of hydrogen-bond donors (Lipinski definition) is 2. The Morgan fingerprint density at radius 3 is 2.60 bits per heavy atom. The van der Waals surface area contributed by atoms with Crippen molar-refractivity contribution in [2.75, 3.05) is 11.8 Å². The molecule has 82 valence electrons. The Morgan fingerprint density at radius 1 is 1.47 bits per heavy atom. The number of nitrogens with zero attached hydrogens (tertiary/aromatic N) is 1. The highest BCUT2D eigenvalue weighted by atomic mass is 32.2. The quantitative estimate of drug-likeness (QED) is 0.448. The maximum absolute atomic E-state index is 10.6. The number of benzene rings is 1. The molecule has 0 atom stereocenters. The smallest absolute Gasteiger partial charge is 0.296 e. The molecule has 0 aromatic heterocycles. The Hall–Kier alpha value is -1.83.